The van der Waals surface area contributed by atoms with Crippen LogP contribution in [-0.4, -0.2) is 37.2 Å². The summed E-state index contributed by atoms with van der Waals surface area (Å²) in [4.78, 5) is 38.3. The third-order valence-electron chi connectivity index (χ3n) is 16.5. The number of carbonyl (C=O) groups excluding carboxylic acids is 3. The molecule has 1 atom stereocenters. The number of hydrogen-bond donors (Lipinski definition) is 0. The molecule has 0 N–H and O–H groups in total. The van der Waals surface area contributed by atoms with Crippen molar-refractivity contribution in [1.82, 2.24) is 0 Å². The van der Waals surface area contributed by atoms with E-state index in [0.29, 0.717) is 19.3 Å². The minimum atomic E-state index is -0.777. The molecule has 82 heavy (non-hydrogen) atoms. The van der Waals surface area contributed by atoms with E-state index in [1.54, 1.807) is 0 Å². The van der Waals surface area contributed by atoms with Crippen LogP contribution in [0.3, 0.4) is 0 Å². The third-order valence-corrected chi connectivity index (χ3v) is 16.5. The van der Waals surface area contributed by atoms with Crippen molar-refractivity contribution in [3.05, 3.63) is 48.6 Å². The van der Waals surface area contributed by atoms with E-state index < -0.39 is 6.10 Å². The first-order valence-corrected chi connectivity index (χ1v) is 36.6. The number of esters is 3. The molecule has 0 rings (SSSR count). The van der Waals surface area contributed by atoms with Gasteiger partial charge in [-0.3, -0.25) is 14.4 Å². The first kappa shape index (κ1) is 79.4. The topological polar surface area (TPSA) is 78.9 Å². The van der Waals surface area contributed by atoms with E-state index in [9.17, 15) is 14.4 Å². The van der Waals surface area contributed by atoms with E-state index in [-0.39, 0.29) is 31.1 Å². The standard InChI is InChI=1S/C76H140O6/c1-4-7-10-13-16-19-22-24-26-28-30-32-34-35-36-37-38-39-40-41-43-44-46-48-50-52-54-57-60-63-66-69-75(78)81-72-73(71-80-74(77)68-65-62-59-56-21-18-15-12-9-6-3)82-76(79)70-67-64-61-58-55-53-51-49-47-45-42-33-31-29-27-25-23-20-17-14-11-8-5-2/h12,15,23,25,28-31,73H,4-11,13-14,16-22,24,26-27,32-72H2,1-3H3/b15-12-,25-23-,30-28-,31-29-. The number of allylic oxidation sites excluding steroid dienone is 8. The summed E-state index contributed by atoms with van der Waals surface area (Å²) in [6.45, 7) is 6.62. The van der Waals surface area contributed by atoms with Crippen molar-refractivity contribution in [2.75, 3.05) is 13.2 Å². The third kappa shape index (κ3) is 68.2. The van der Waals surface area contributed by atoms with Gasteiger partial charge in [0.1, 0.15) is 13.2 Å². The Balaban J connectivity index is 4.10. The quantitative estimate of drug-likeness (QED) is 0.0261. The van der Waals surface area contributed by atoms with Crippen LogP contribution in [-0.2, 0) is 28.6 Å². The van der Waals surface area contributed by atoms with Gasteiger partial charge in [0.2, 0.25) is 0 Å². The molecule has 6 heteroatoms. The van der Waals surface area contributed by atoms with Gasteiger partial charge < -0.3 is 14.2 Å². The largest absolute Gasteiger partial charge is 0.462 e. The summed E-state index contributed by atoms with van der Waals surface area (Å²) in [5.74, 6) is -0.862. The van der Waals surface area contributed by atoms with Crippen LogP contribution < -0.4 is 0 Å². The molecule has 0 heterocycles. The lowest BCUT2D eigenvalue weighted by Crippen LogP contribution is -2.30. The maximum absolute atomic E-state index is 12.9. The summed E-state index contributed by atoms with van der Waals surface area (Å²) in [6, 6.07) is 0. The van der Waals surface area contributed by atoms with Gasteiger partial charge in [-0.25, -0.2) is 0 Å². The van der Waals surface area contributed by atoms with Gasteiger partial charge in [0.15, 0.2) is 6.10 Å². The number of rotatable bonds is 68. The number of hydrogen-bond acceptors (Lipinski definition) is 6. The molecule has 0 saturated carbocycles. The Hall–Kier alpha value is -2.63. The predicted octanol–water partition coefficient (Wildman–Crippen LogP) is 25.3. The van der Waals surface area contributed by atoms with Crippen LogP contribution in [0.1, 0.15) is 400 Å². The lowest BCUT2D eigenvalue weighted by molar-refractivity contribution is -0.167. The molecule has 0 aliphatic carbocycles. The average Bonchev–Trinajstić information content (AvgIpc) is 3.48. The van der Waals surface area contributed by atoms with Gasteiger partial charge in [0.25, 0.3) is 0 Å². The van der Waals surface area contributed by atoms with E-state index in [2.05, 4.69) is 69.4 Å². The van der Waals surface area contributed by atoms with Gasteiger partial charge in [-0.05, 0) is 96.3 Å². The fourth-order valence-electron chi connectivity index (χ4n) is 11.0. The van der Waals surface area contributed by atoms with Crippen LogP contribution in [0.4, 0.5) is 0 Å². The highest BCUT2D eigenvalue weighted by Crippen LogP contribution is 2.18. The molecule has 0 bridgehead atoms. The fraction of sp³-hybridized carbons (Fsp3) is 0.855. The molecule has 0 amide bonds. The second kappa shape index (κ2) is 70.9. The highest BCUT2D eigenvalue weighted by atomic mass is 16.6. The summed E-state index contributed by atoms with van der Waals surface area (Å²) >= 11 is 0. The summed E-state index contributed by atoms with van der Waals surface area (Å²) in [7, 11) is 0. The van der Waals surface area contributed by atoms with Crippen molar-refractivity contribution in [3.8, 4) is 0 Å². The Morgan fingerprint density at radius 3 is 0.732 bits per heavy atom. The molecule has 0 aromatic carbocycles. The van der Waals surface area contributed by atoms with Gasteiger partial charge in [0, 0.05) is 19.3 Å². The molecule has 0 saturated heterocycles. The lowest BCUT2D eigenvalue weighted by Gasteiger charge is -2.18. The van der Waals surface area contributed by atoms with Crippen LogP contribution in [0.5, 0.6) is 0 Å². The molecule has 0 aromatic rings. The molecular weight excluding hydrogens is 1010 g/mol. The fourth-order valence-corrected chi connectivity index (χ4v) is 11.0. The van der Waals surface area contributed by atoms with E-state index in [1.807, 2.05) is 0 Å². The van der Waals surface area contributed by atoms with Crippen molar-refractivity contribution < 1.29 is 28.6 Å². The zero-order chi connectivity index (χ0) is 59.2. The Kier molecular flexibility index (Phi) is 68.6. The highest BCUT2D eigenvalue weighted by Gasteiger charge is 2.19. The van der Waals surface area contributed by atoms with E-state index in [1.165, 1.54) is 283 Å². The van der Waals surface area contributed by atoms with Crippen LogP contribution in [0, 0.1) is 0 Å². The normalized spacial score (nSPS) is 12.3. The van der Waals surface area contributed by atoms with Crippen molar-refractivity contribution in [2.24, 2.45) is 0 Å². The summed E-state index contributed by atoms with van der Waals surface area (Å²) in [5.41, 5.74) is 0. The lowest BCUT2D eigenvalue weighted by atomic mass is 10.0. The molecule has 0 spiro atoms. The Labute approximate surface area is 511 Å². The van der Waals surface area contributed by atoms with Gasteiger partial charge in [-0.15, -0.1) is 0 Å². The van der Waals surface area contributed by atoms with Crippen LogP contribution in [0.15, 0.2) is 48.6 Å². The minimum absolute atomic E-state index is 0.0725. The van der Waals surface area contributed by atoms with Gasteiger partial charge in [-0.1, -0.05) is 333 Å². The average molecular weight is 1150 g/mol. The summed E-state index contributed by atoms with van der Waals surface area (Å²) in [5, 5.41) is 0. The smallest absolute Gasteiger partial charge is 0.306 e. The maximum atomic E-state index is 12.9. The molecule has 6 nitrogen and oxygen atoms in total. The van der Waals surface area contributed by atoms with Gasteiger partial charge in [-0.2, -0.15) is 0 Å². The van der Waals surface area contributed by atoms with Crippen LogP contribution in [0.2, 0.25) is 0 Å². The second-order valence-electron chi connectivity index (χ2n) is 24.8. The number of carbonyl (C=O) groups is 3. The number of ether oxygens (including phenoxy) is 3. The van der Waals surface area contributed by atoms with E-state index in [4.69, 9.17) is 14.2 Å². The Bertz CT molecular complexity index is 1410. The van der Waals surface area contributed by atoms with Crippen molar-refractivity contribution in [3.63, 3.8) is 0 Å². The zero-order valence-electron chi connectivity index (χ0n) is 55.3. The van der Waals surface area contributed by atoms with Crippen molar-refractivity contribution in [1.29, 1.82) is 0 Å². The summed E-state index contributed by atoms with van der Waals surface area (Å²) in [6.07, 6.45) is 90.3. The zero-order valence-corrected chi connectivity index (χ0v) is 55.3. The molecule has 0 fully saturated rings. The first-order valence-electron chi connectivity index (χ1n) is 36.6. The number of unbranched alkanes of at least 4 members (excludes halogenated alkanes) is 49. The Morgan fingerprint density at radius 1 is 0.244 bits per heavy atom. The van der Waals surface area contributed by atoms with Gasteiger partial charge in [0.05, 0.1) is 0 Å². The molecule has 0 aliphatic rings. The van der Waals surface area contributed by atoms with E-state index in [0.717, 1.165) is 77.0 Å². The predicted molar refractivity (Wildman–Crippen MR) is 358 cm³/mol. The molecule has 0 aliphatic heterocycles. The SMILES string of the molecule is CCC/C=C\CCCCCCCC(=O)OCC(COC(=O)CCCCCCCCCCCCCCCCCCCCC/C=C\CCCCCCCCCC)OC(=O)CCCCCCCCCCCCC/C=C\C/C=C\CCCCCCC. The Morgan fingerprint density at radius 2 is 0.463 bits per heavy atom. The van der Waals surface area contributed by atoms with E-state index >= 15 is 0 Å². The van der Waals surface area contributed by atoms with Crippen molar-refractivity contribution >= 4 is 17.9 Å². The molecular formula is C76H140O6. The van der Waals surface area contributed by atoms with Crippen LogP contribution in [0.25, 0.3) is 0 Å². The monoisotopic (exact) mass is 1150 g/mol. The molecule has 0 aromatic heterocycles. The molecule has 1 unspecified atom stereocenters. The second-order valence-corrected chi connectivity index (χ2v) is 24.8. The first-order chi connectivity index (χ1) is 40.5. The maximum Gasteiger partial charge on any atom is 0.306 e. The minimum Gasteiger partial charge on any atom is -0.462 e. The van der Waals surface area contributed by atoms with Crippen LogP contribution >= 0.6 is 0 Å². The summed E-state index contributed by atoms with van der Waals surface area (Å²) < 4.78 is 17.0. The van der Waals surface area contributed by atoms with Gasteiger partial charge >= 0.3 is 17.9 Å². The molecule has 480 valence electrons. The highest BCUT2D eigenvalue weighted by molar-refractivity contribution is 5.71. The molecule has 0 radical (unpaired) electrons. The van der Waals surface area contributed by atoms with Crippen molar-refractivity contribution in [2.45, 2.75) is 406 Å².